The lowest BCUT2D eigenvalue weighted by Crippen LogP contribution is -2.27. The van der Waals surface area contributed by atoms with Gasteiger partial charge in [0.05, 0.1) is 15.8 Å². The fourth-order valence-corrected chi connectivity index (χ4v) is 4.16. The highest BCUT2D eigenvalue weighted by Gasteiger charge is 2.12. The van der Waals surface area contributed by atoms with E-state index in [1.165, 1.54) is 0 Å². The minimum atomic E-state index is -3.38. The van der Waals surface area contributed by atoms with E-state index in [2.05, 4.69) is 4.72 Å². The summed E-state index contributed by atoms with van der Waals surface area (Å²) in [5.74, 6) is 0.560. The number of thioether (sulfide) groups is 1. The number of nitrogens with one attached hydrogen (secondary N) is 1. The Morgan fingerprint density at radius 2 is 1.73 bits per heavy atom. The molecule has 118 valence electrons. The van der Waals surface area contributed by atoms with Crippen LogP contribution in [0.3, 0.4) is 0 Å². The van der Waals surface area contributed by atoms with Gasteiger partial charge in [-0.3, -0.25) is 0 Å². The van der Waals surface area contributed by atoms with Crippen molar-refractivity contribution in [1.29, 1.82) is 0 Å². The molecule has 0 saturated carbocycles. The Bertz CT molecular complexity index is 722. The van der Waals surface area contributed by atoms with Crippen molar-refractivity contribution in [1.82, 2.24) is 4.72 Å². The summed E-state index contributed by atoms with van der Waals surface area (Å²) in [5, 5.41) is 0.768. The molecule has 22 heavy (non-hydrogen) atoms. The van der Waals surface area contributed by atoms with E-state index in [0.29, 0.717) is 27.9 Å². The van der Waals surface area contributed by atoms with Crippen molar-refractivity contribution >= 4 is 45.0 Å². The largest absolute Gasteiger partial charge is 0.215 e. The van der Waals surface area contributed by atoms with Gasteiger partial charge < -0.3 is 0 Å². The Labute approximate surface area is 145 Å². The van der Waals surface area contributed by atoms with E-state index >= 15 is 0 Å². The van der Waals surface area contributed by atoms with Crippen molar-refractivity contribution in [2.45, 2.75) is 10.6 Å². The normalized spacial score (nSPS) is 11.5. The Balaban J connectivity index is 1.82. The van der Waals surface area contributed by atoms with Gasteiger partial charge in [0, 0.05) is 17.2 Å². The molecule has 0 amide bonds. The summed E-state index contributed by atoms with van der Waals surface area (Å²) in [6.45, 7) is 0.378. The van der Waals surface area contributed by atoms with Gasteiger partial charge in [-0.25, -0.2) is 13.1 Å². The van der Waals surface area contributed by atoms with Crippen molar-refractivity contribution in [3.63, 3.8) is 0 Å². The standard InChI is InChI=1S/C15H15Cl2NO2S2/c16-14-7-6-12(10-15(14)17)11-22(19,20)18-8-9-21-13-4-2-1-3-5-13/h1-7,10,18H,8-9,11H2. The molecule has 0 aliphatic carbocycles. The van der Waals surface area contributed by atoms with Crippen LogP contribution in [-0.4, -0.2) is 20.7 Å². The van der Waals surface area contributed by atoms with Crippen LogP contribution in [0.4, 0.5) is 0 Å². The molecule has 2 aromatic rings. The number of halogens is 2. The molecule has 0 aliphatic heterocycles. The third-order valence-corrected chi connectivity index (χ3v) is 5.89. The molecule has 0 radical (unpaired) electrons. The van der Waals surface area contributed by atoms with Crippen LogP contribution in [-0.2, 0) is 15.8 Å². The molecular formula is C15H15Cl2NO2S2. The Morgan fingerprint density at radius 3 is 2.41 bits per heavy atom. The summed E-state index contributed by atoms with van der Waals surface area (Å²) >= 11 is 13.3. The Hall–Kier alpha value is -0.720. The second-order valence-electron chi connectivity index (χ2n) is 4.56. The van der Waals surface area contributed by atoms with E-state index in [4.69, 9.17) is 23.2 Å². The summed E-state index contributed by atoms with van der Waals surface area (Å²) in [6, 6.07) is 14.7. The monoisotopic (exact) mass is 375 g/mol. The number of sulfonamides is 1. The quantitative estimate of drug-likeness (QED) is 0.582. The fourth-order valence-electron chi connectivity index (χ4n) is 1.78. The smallest absolute Gasteiger partial charge is 0.214 e. The molecular weight excluding hydrogens is 361 g/mol. The third-order valence-electron chi connectivity index (χ3n) is 2.78. The second kappa shape index (κ2) is 8.22. The first-order valence-electron chi connectivity index (χ1n) is 6.55. The minimum Gasteiger partial charge on any atom is -0.214 e. The van der Waals surface area contributed by atoms with Crippen LogP contribution >= 0.6 is 35.0 Å². The van der Waals surface area contributed by atoms with E-state index in [0.717, 1.165) is 4.90 Å². The molecule has 3 nitrogen and oxygen atoms in total. The zero-order chi connectivity index (χ0) is 16.0. The lowest BCUT2D eigenvalue weighted by atomic mass is 10.2. The molecule has 7 heteroatoms. The summed E-state index contributed by atoms with van der Waals surface area (Å²) < 4.78 is 26.6. The molecule has 0 bridgehead atoms. The average molecular weight is 376 g/mol. The zero-order valence-electron chi connectivity index (χ0n) is 11.6. The molecule has 0 aliphatic rings. The molecule has 2 rings (SSSR count). The minimum absolute atomic E-state index is 0.111. The highest BCUT2D eigenvalue weighted by Crippen LogP contribution is 2.23. The van der Waals surface area contributed by atoms with E-state index in [1.54, 1.807) is 30.0 Å². The number of benzene rings is 2. The molecule has 2 aromatic carbocycles. The van der Waals surface area contributed by atoms with Crippen molar-refractivity contribution in [3.8, 4) is 0 Å². The van der Waals surface area contributed by atoms with E-state index in [-0.39, 0.29) is 5.75 Å². The molecule has 1 N–H and O–H groups in total. The summed E-state index contributed by atoms with van der Waals surface area (Å²) in [5.41, 5.74) is 0.609. The van der Waals surface area contributed by atoms with Gasteiger partial charge in [0.15, 0.2) is 0 Å². The van der Waals surface area contributed by atoms with Gasteiger partial charge in [-0.2, -0.15) is 0 Å². The molecule has 0 saturated heterocycles. The molecule has 0 fully saturated rings. The SMILES string of the molecule is O=S(=O)(Cc1ccc(Cl)c(Cl)c1)NCCSc1ccccc1. The number of hydrogen-bond donors (Lipinski definition) is 1. The second-order valence-corrected chi connectivity index (χ2v) is 8.35. The van der Waals surface area contributed by atoms with Crippen molar-refractivity contribution in [2.24, 2.45) is 0 Å². The van der Waals surface area contributed by atoms with Crippen LogP contribution in [0.1, 0.15) is 5.56 Å². The molecule has 0 atom stereocenters. The predicted molar refractivity (Wildman–Crippen MR) is 94.3 cm³/mol. The summed E-state index contributed by atoms with van der Waals surface area (Å²) in [6.07, 6.45) is 0. The van der Waals surface area contributed by atoms with Gasteiger partial charge in [0.2, 0.25) is 10.0 Å². The Morgan fingerprint density at radius 1 is 1.00 bits per heavy atom. The van der Waals surface area contributed by atoms with Crippen molar-refractivity contribution in [2.75, 3.05) is 12.3 Å². The molecule has 0 spiro atoms. The first-order valence-corrected chi connectivity index (χ1v) is 9.95. The van der Waals surface area contributed by atoms with Crippen LogP contribution in [0, 0.1) is 0 Å². The average Bonchev–Trinajstić information content (AvgIpc) is 2.48. The highest BCUT2D eigenvalue weighted by molar-refractivity contribution is 7.99. The molecule has 0 unspecified atom stereocenters. The van der Waals surface area contributed by atoms with Crippen LogP contribution in [0.5, 0.6) is 0 Å². The van der Waals surface area contributed by atoms with Gasteiger partial charge in [0.25, 0.3) is 0 Å². The maximum absolute atomic E-state index is 12.0. The van der Waals surface area contributed by atoms with E-state index < -0.39 is 10.0 Å². The summed E-state index contributed by atoms with van der Waals surface area (Å²) in [7, 11) is -3.38. The fraction of sp³-hybridized carbons (Fsp3) is 0.200. The van der Waals surface area contributed by atoms with Crippen LogP contribution < -0.4 is 4.72 Å². The van der Waals surface area contributed by atoms with Gasteiger partial charge in [-0.15, -0.1) is 11.8 Å². The van der Waals surface area contributed by atoms with Gasteiger partial charge >= 0.3 is 0 Å². The van der Waals surface area contributed by atoms with Crippen LogP contribution in [0.15, 0.2) is 53.4 Å². The maximum atomic E-state index is 12.0. The molecule has 0 aromatic heterocycles. The predicted octanol–water partition coefficient (Wildman–Crippen LogP) is 4.21. The Kier molecular flexibility index (Phi) is 6.59. The van der Waals surface area contributed by atoms with Gasteiger partial charge in [-0.05, 0) is 29.8 Å². The van der Waals surface area contributed by atoms with Crippen LogP contribution in [0.2, 0.25) is 10.0 Å². The number of rotatable bonds is 7. The van der Waals surface area contributed by atoms with Gasteiger partial charge in [0.1, 0.15) is 0 Å². The third kappa shape index (κ3) is 5.82. The molecule has 0 heterocycles. The topological polar surface area (TPSA) is 46.2 Å². The van der Waals surface area contributed by atoms with Crippen molar-refractivity contribution < 1.29 is 8.42 Å². The summed E-state index contributed by atoms with van der Waals surface area (Å²) in [4.78, 5) is 1.12. The van der Waals surface area contributed by atoms with E-state index in [9.17, 15) is 8.42 Å². The lowest BCUT2D eigenvalue weighted by molar-refractivity contribution is 0.583. The first kappa shape index (κ1) is 17.6. The maximum Gasteiger partial charge on any atom is 0.215 e. The van der Waals surface area contributed by atoms with Crippen molar-refractivity contribution in [3.05, 3.63) is 64.1 Å². The van der Waals surface area contributed by atoms with Crippen LogP contribution in [0.25, 0.3) is 0 Å². The highest BCUT2D eigenvalue weighted by atomic mass is 35.5. The van der Waals surface area contributed by atoms with E-state index in [1.807, 2.05) is 30.3 Å². The zero-order valence-corrected chi connectivity index (χ0v) is 14.8. The van der Waals surface area contributed by atoms with Gasteiger partial charge in [-0.1, -0.05) is 47.5 Å². The number of hydrogen-bond acceptors (Lipinski definition) is 3. The lowest BCUT2D eigenvalue weighted by Gasteiger charge is -2.07. The first-order chi connectivity index (χ1) is 10.5.